The number of hydrogen-bond acceptors (Lipinski definition) is 5. The van der Waals surface area contributed by atoms with Gasteiger partial charge in [0.1, 0.15) is 5.75 Å². The summed E-state index contributed by atoms with van der Waals surface area (Å²) in [5.41, 5.74) is 6.91. The summed E-state index contributed by atoms with van der Waals surface area (Å²) in [6, 6.07) is 8.54. The van der Waals surface area contributed by atoms with E-state index in [2.05, 4.69) is 18.2 Å². The van der Waals surface area contributed by atoms with E-state index in [0.29, 0.717) is 30.9 Å². The van der Waals surface area contributed by atoms with Gasteiger partial charge in [0.05, 0.1) is 6.61 Å². The monoisotopic (exact) mass is 413 g/mol. The maximum atomic E-state index is 6.93. The van der Waals surface area contributed by atoms with Gasteiger partial charge in [-0.25, -0.2) is 0 Å². The van der Waals surface area contributed by atoms with Gasteiger partial charge in [0.2, 0.25) is 11.6 Å². The second-order valence-electron chi connectivity index (χ2n) is 10.6. The molecular formula is C25H35NO4. The van der Waals surface area contributed by atoms with E-state index >= 15 is 0 Å². The van der Waals surface area contributed by atoms with Crippen LogP contribution in [0.1, 0.15) is 75.7 Å². The topological polar surface area (TPSA) is 62.9 Å². The van der Waals surface area contributed by atoms with Crippen LogP contribution in [-0.4, -0.2) is 24.7 Å². The number of nitrogens with two attached hydrogens (primary N) is 1. The molecule has 1 aliphatic heterocycles. The highest BCUT2D eigenvalue weighted by Crippen LogP contribution is 2.64. The zero-order chi connectivity index (χ0) is 20.2. The fourth-order valence-corrected chi connectivity index (χ4v) is 7.39. The first-order valence-corrected chi connectivity index (χ1v) is 12.2. The van der Waals surface area contributed by atoms with Crippen molar-refractivity contribution in [3.05, 3.63) is 29.8 Å². The first-order chi connectivity index (χ1) is 14.7. The van der Waals surface area contributed by atoms with Gasteiger partial charge in [-0.1, -0.05) is 12.1 Å². The molecule has 164 valence electrons. The Hall–Kier alpha value is -1.14. The van der Waals surface area contributed by atoms with Gasteiger partial charge >= 0.3 is 0 Å². The van der Waals surface area contributed by atoms with Gasteiger partial charge in [0, 0.05) is 24.7 Å². The Morgan fingerprint density at radius 1 is 1.03 bits per heavy atom. The highest BCUT2D eigenvalue weighted by Gasteiger charge is 2.67. The van der Waals surface area contributed by atoms with Crippen LogP contribution in [0.25, 0.3) is 0 Å². The van der Waals surface area contributed by atoms with Gasteiger partial charge < -0.3 is 15.2 Å². The Morgan fingerprint density at radius 3 is 2.60 bits per heavy atom. The van der Waals surface area contributed by atoms with Crippen molar-refractivity contribution in [3.8, 4) is 5.75 Å². The predicted octanol–water partition coefficient (Wildman–Crippen LogP) is 4.90. The summed E-state index contributed by atoms with van der Waals surface area (Å²) in [6.45, 7) is 1.33. The number of hydrogen-bond donors (Lipinski definition) is 1. The zero-order valence-corrected chi connectivity index (χ0v) is 17.9. The Kier molecular flexibility index (Phi) is 4.87. The Morgan fingerprint density at radius 2 is 1.83 bits per heavy atom. The predicted molar refractivity (Wildman–Crippen MR) is 113 cm³/mol. The highest BCUT2D eigenvalue weighted by molar-refractivity contribution is 5.31. The maximum absolute atomic E-state index is 6.93. The maximum Gasteiger partial charge on any atom is 0.210 e. The molecule has 0 aromatic heterocycles. The van der Waals surface area contributed by atoms with E-state index in [1.807, 2.05) is 6.07 Å². The van der Waals surface area contributed by atoms with Crippen molar-refractivity contribution in [1.82, 2.24) is 0 Å². The minimum Gasteiger partial charge on any atom is -0.494 e. The summed E-state index contributed by atoms with van der Waals surface area (Å²) in [7, 11) is 0. The van der Waals surface area contributed by atoms with Gasteiger partial charge in [0.15, 0.2) is 0 Å². The zero-order valence-electron chi connectivity index (χ0n) is 17.9. The molecule has 6 fully saturated rings. The Balaban J connectivity index is 1.18. The van der Waals surface area contributed by atoms with E-state index in [1.54, 1.807) is 0 Å². The summed E-state index contributed by atoms with van der Waals surface area (Å²) in [4.78, 5) is 12.4. The third kappa shape index (κ3) is 3.21. The van der Waals surface area contributed by atoms with Crippen molar-refractivity contribution >= 4 is 0 Å². The van der Waals surface area contributed by atoms with Gasteiger partial charge in [0.25, 0.3) is 0 Å². The normalized spacial score (nSPS) is 44.2. The summed E-state index contributed by atoms with van der Waals surface area (Å²) in [5, 5.41) is 0. The molecular weight excluding hydrogens is 378 g/mol. The first kappa shape index (κ1) is 19.5. The van der Waals surface area contributed by atoms with Crippen molar-refractivity contribution in [1.29, 1.82) is 0 Å². The molecule has 5 aliphatic carbocycles. The standard InChI is InChI=1S/C25H35NO4/c26-8-3-9-27-23-6-1-4-19(15-23)20-5-2-7-24(16-20)28-25(30-29-24)21-11-17-10-18(13-21)14-22(25)12-17/h1,4,6,15,17-18,20-22H,2-3,5,7-14,16,26H2/t17?,18?,20-,21?,22?,24-,25?/m1/s1. The molecule has 1 heterocycles. The number of rotatable bonds is 5. The SMILES string of the molecule is NCCCOc1cccc([C@@H]2CCC[C@]3(C2)OOC2(O3)C3CC4CC(C3)CC2C4)c1. The molecule has 2 spiro atoms. The van der Waals surface area contributed by atoms with Gasteiger partial charge in [-0.15, -0.1) is 0 Å². The minimum atomic E-state index is -0.575. The van der Waals surface area contributed by atoms with Crippen LogP contribution in [0.4, 0.5) is 0 Å². The second-order valence-corrected chi connectivity index (χ2v) is 10.6. The van der Waals surface area contributed by atoms with Crippen molar-refractivity contribution in [2.75, 3.05) is 13.2 Å². The van der Waals surface area contributed by atoms with E-state index in [-0.39, 0.29) is 0 Å². The molecule has 1 aromatic carbocycles. The molecule has 2 atom stereocenters. The van der Waals surface area contributed by atoms with Crippen LogP contribution < -0.4 is 10.5 Å². The number of benzene rings is 1. The Bertz CT molecular complexity index is 754. The molecule has 1 aromatic rings. The molecule has 2 N–H and O–H groups in total. The summed E-state index contributed by atoms with van der Waals surface area (Å²) in [6.07, 6.45) is 11.4. The minimum absolute atomic E-state index is 0.410. The fourth-order valence-electron chi connectivity index (χ4n) is 7.39. The average molecular weight is 414 g/mol. The van der Waals surface area contributed by atoms with Crippen LogP contribution in [0.2, 0.25) is 0 Å². The van der Waals surface area contributed by atoms with E-state index in [9.17, 15) is 0 Å². The second kappa shape index (κ2) is 7.47. The number of ether oxygens (including phenoxy) is 2. The van der Waals surface area contributed by atoms with E-state index in [0.717, 1.165) is 49.7 Å². The first-order valence-electron chi connectivity index (χ1n) is 12.2. The van der Waals surface area contributed by atoms with Crippen LogP contribution in [0.15, 0.2) is 24.3 Å². The van der Waals surface area contributed by atoms with Crippen LogP contribution in [-0.2, 0) is 14.5 Å². The lowest BCUT2D eigenvalue weighted by atomic mass is 9.53. The van der Waals surface area contributed by atoms with Crippen LogP contribution >= 0.6 is 0 Å². The largest absolute Gasteiger partial charge is 0.494 e. The smallest absolute Gasteiger partial charge is 0.210 e. The summed E-state index contributed by atoms with van der Waals surface area (Å²) >= 11 is 0. The van der Waals surface area contributed by atoms with E-state index < -0.39 is 11.6 Å². The molecule has 0 unspecified atom stereocenters. The lowest BCUT2D eigenvalue weighted by Crippen LogP contribution is -2.59. The molecule has 5 saturated carbocycles. The summed E-state index contributed by atoms with van der Waals surface area (Å²) < 4.78 is 12.8. The molecule has 5 nitrogen and oxygen atoms in total. The van der Waals surface area contributed by atoms with Crippen LogP contribution in [0.3, 0.4) is 0 Å². The third-order valence-electron chi connectivity index (χ3n) is 8.56. The molecule has 1 saturated heterocycles. The van der Waals surface area contributed by atoms with Crippen molar-refractivity contribution < 1.29 is 19.2 Å². The molecule has 6 aliphatic rings. The van der Waals surface area contributed by atoms with Crippen molar-refractivity contribution in [2.24, 2.45) is 29.4 Å². The lowest BCUT2D eigenvalue weighted by molar-refractivity contribution is -0.390. The van der Waals surface area contributed by atoms with Crippen LogP contribution in [0, 0.1) is 23.7 Å². The van der Waals surface area contributed by atoms with E-state index in [1.165, 1.54) is 37.7 Å². The van der Waals surface area contributed by atoms with E-state index in [4.69, 9.17) is 25.0 Å². The highest BCUT2D eigenvalue weighted by atomic mass is 17.3. The lowest BCUT2D eigenvalue weighted by Gasteiger charge is -2.57. The Labute approximate surface area is 179 Å². The molecule has 4 bridgehead atoms. The van der Waals surface area contributed by atoms with Crippen molar-refractivity contribution in [2.45, 2.75) is 81.7 Å². The van der Waals surface area contributed by atoms with Gasteiger partial charge in [-0.05, 0) is 93.4 Å². The third-order valence-corrected chi connectivity index (χ3v) is 8.56. The molecule has 5 heteroatoms. The molecule has 30 heavy (non-hydrogen) atoms. The summed E-state index contributed by atoms with van der Waals surface area (Å²) in [5.74, 6) is 3.12. The van der Waals surface area contributed by atoms with Crippen LogP contribution in [0.5, 0.6) is 5.75 Å². The average Bonchev–Trinajstić information content (AvgIpc) is 3.11. The fraction of sp³-hybridized carbons (Fsp3) is 0.760. The van der Waals surface area contributed by atoms with Gasteiger partial charge in [-0.3, -0.25) is 0 Å². The molecule has 0 radical (unpaired) electrons. The van der Waals surface area contributed by atoms with Gasteiger partial charge in [-0.2, -0.15) is 9.78 Å². The molecule has 7 rings (SSSR count). The van der Waals surface area contributed by atoms with Crippen molar-refractivity contribution in [3.63, 3.8) is 0 Å². The molecule has 0 amide bonds. The quantitative estimate of drug-likeness (QED) is 0.549.